The van der Waals surface area contributed by atoms with E-state index in [2.05, 4.69) is 34.5 Å². The van der Waals surface area contributed by atoms with Crippen LogP contribution in [-0.2, 0) is 0 Å². The molecule has 3 N–H and O–H groups in total. The minimum Gasteiger partial charge on any atom is -0.323 e. The highest BCUT2D eigenvalue weighted by atomic mass is 15.3. The molecule has 0 aliphatic heterocycles. The molecule has 0 radical (unpaired) electrons. The first-order chi connectivity index (χ1) is 11.6. The Hall–Kier alpha value is -2.89. The van der Waals surface area contributed by atoms with Crippen LogP contribution < -0.4 is 16.2 Å². The first kappa shape index (κ1) is 17.5. The number of nitrogens with two attached hydrogens (primary N) is 1. The third-order valence-electron chi connectivity index (χ3n) is 3.73. The molecule has 0 aliphatic carbocycles. The molecule has 0 atom stereocenters. The molecule has 0 saturated carbocycles. The van der Waals surface area contributed by atoms with E-state index in [1.807, 2.05) is 48.2 Å². The standard InChI is InChI=1S/C18H24N6/c1-5-24(14(3)23-20-4)18-16(7-6-12-21-18)17(22-19)15-10-8-13(2)9-11-15/h6-12,20H,5,19H2,1-4H3/b22-17-,23-14-. The number of rotatable bonds is 5. The molecule has 0 spiro atoms. The van der Waals surface area contributed by atoms with Crippen molar-refractivity contribution in [1.29, 1.82) is 0 Å². The van der Waals surface area contributed by atoms with E-state index in [1.54, 1.807) is 13.2 Å². The summed E-state index contributed by atoms with van der Waals surface area (Å²) in [4.78, 5) is 6.57. The van der Waals surface area contributed by atoms with E-state index in [0.717, 1.165) is 29.3 Å². The van der Waals surface area contributed by atoms with Gasteiger partial charge in [-0.25, -0.2) is 4.98 Å². The first-order valence-corrected chi connectivity index (χ1v) is 7.91. The minimum absolute atomic E-state index is 0.703. The number of aromatic nitrogens is 1. The van der Waals surface area contributed by atoms with Crippen molar-refractivity contribution in [3.63, 3.8) is 0 Å². The number of benzene rings is 1. The second-order valence-electron chi connectivity index (χ2n) is 5.35. The molecule has 24 heavy (non-hydrogen) atoms. The normalized spacial score (nSPS) is 12.2. The molecule has 6 nitrogen and oxygen atoms in total. The molecule has 0 bridgehead atoms. The van der Waals surface area contributed by atoms with Crippen LogP contribution in [0.25, 0.3) is 0 Å². The smallest absolute Gasteiger partial charge is 0.143 e. The lowest BCUT2D eigenvalue weighted by atomic mass is 10.0. The number of anilines is 1. The monoisotopic (exact) mass is 324 g/mol. The Kier molecular flexibility index (Phi) is 5.89. The van der Waals surface area contributed by atoms with Crippen molar-refractivity contribution < 1.29 is 0 Å². The largest absolute Gasteiger partial charge is 0.323 e. The summed E-state index contributed by atoms with van der Waals surface area (Å²) in [6, 6.07) is 12.0. The average Bonchev–Trinajstić information content (AvgIpc) is 2.59. The molecule has 0 unspecified atom stereocenters. The topological polar surface area (TPSA) is 78.9 Å². The summed E-state index contributed by atoms with van der Waals surface area (Å²) in [5, 5.41) is 8.30. The van der Waals surface area contributed by atoms with Crippen LogP contribution in [0.15, 0.2) is 52.8 Å². The summed E-state index contributed by atoms with van der Waals surface area (Å²) in [6.45, 7) is 6.77. The predicted molar refractivity (Wildman–Crippen MR) is 100 cm³/mol. The lowest BCUT2D eigenvalue weighted by Crippen LogP contribution is -2.32. The Labute approximate surface area is 143 Å². The molecule has 2 rings (SSSR count). The Morgan fingerprint density at radius 3 is 2.54 bits per heavy atom. The fourth-order valence-corrected chi connectivity index (χ4v) is 2.56. The zero-order chi connectivity index (χ0) is 17.5. The molecular formula is C18H24N6. The summed E-state index contributed by atoms with van der Waals surface area (Å²) in [6.07, 6.45) is 1.76. The third-order valence-corrected chi connectivity index (χ3v) is 3.73. The van der Waals surface area contributed by atoms with Gasteiger partial charge >= 0.3 is 0 Å². The van der Waals surface area contributed by atoms with Crippen LogP contribution >= 0.6 is 0 Å². The van der Waals surface area contributed by atoms with E-state index in [1.165, 1.54) is 5.56 Å². The van der Waals surface area contributed by atoms with Crippen molar-refractivity contribution in [3.05, 3.63) is 59.3 Å². The van der Waals surface area contributed by atoms with Crippen molar-refractivity contribution in [3.8, 4) is 0 Å². The summed E-state index contributed by atoms with van der Waals surface area (Å²) < 4.78 is 0. The van der Waals surface area contributed by atoms with Crippen LogP contribution in [0.2, 0.25) is 0 Å². The number of nitrogens with zero attached hydrogens (tertiary/aromatic N) is 4. The van der Waals surface area contributed by atoms with Gasteiger partial charge in [0, 0.05) is 30.9 Å². The van der Waals surface area contributed by atoms with Crippen LogP contribution in [0.4, 0.5) is 5.82 Å². The van der Waals surface area contributed by atoms with Crippen LogP contribution in [-0.4, -0.2) is 30.1 Å². The predicted octanol–water partition coefficient (Wildman–Crippen LogP) is 2.48. The summed E-state index contributed by atoms with van der Waals surface area (Å²) >= 11 is 0. The Bertz CT molecular complexity index is 733. The van der Waals surface area contributed by atoms with Gasteiger partial charge in [-0.2, -0.15) is 10.2 Å². The summed E-state index contributed by atoms with van der Waals surface area (Å²) in [7, 11) is 1.77. The molecule has 0 fully saturated rings. The third kappa shape index (κ3) is 3.71. The number of hydrogen-bond acceptors (Lipinski definition) is 5. The van der Waals surface area contributed by atoms with Gasteiger partial charge in [0.15, 0.2) is 0 Å². The van der Waals surface area contributed by atoms with Gasteiger partial charge in [-0.1, -0.05) is 29.8 Å². The maximum Gasteiger partial charge on any atom is 0.143 e. The van der Waals surface area contributed by atoms with Crippen molar-refractivity contribution >= 4 is 17.4 Å². The quantitative estimate of drug-likeness (QED) is 0.383. The van der Waals surface area contributed by atoms with Crippen LogP contribution in [0.3, 0.4) is 0 Å². The number of pyridine rings is 1. The van der Waals surface area contributed by atoms with E-state index in [0.29, 0.717) is 5.71 Å². The van der Waals surface area contributed by atoms with Crippen molar-refractivity contribution in [1.82, 2.24) is 10.4 Å². The van der Waals surface area contributed by atoms with E-state index in [-0.39, 0.29) is 0 Å². The molecule has 1 aromatic heterocycles. The van der Waals surface area contributed by atoms with Crippen molar-refractivity contribution in [2.75, 3.05) is 18.5 Å². The Morgan fingerprint density at radius 2 is 1.96 bits per heavy atom. The highest BCUT2D eigenvalue weighted by Gasteiger charge is 2.18. The zero-order valence-electron chi connectivity index (χ0n) is 14.6. The SMILES string of the molecule is CCN(/C(C)=N\NC)c1ncccc1/C(=N\N)c1ccc(C)cc1. The first-order valence-electron chi connectivity index (χ1n) is 7.91. The number of nitrogens with one attached hydrogen (secondary N) is 1. The number of hydrogen-bond donors (Lipinski definition) is 2. The van der Waals surface area contributed by atoms with E-state index >= 15 is 0 Å². The lowest BCUT2D eigenvalue weighted by Gasteiger charge is -2.24. The zero-order valence-corrected chi connectivity index (χ0v) is 14.6. The highest BCUT2D eigenvalue weighted by Crippen LogP contribution is 2.22. The van der Waals surface area contributed by atoms with Gasteiger partial charge in [-0.15, -0.1) is 0 Å². The maximum absolute atomic E-state index is 5.72. The maximum atomic E-state index is 5.72. The Morgan fingerprint density at radius 1 is 1.25 bits per heavy atom. The number of hydrazone groups is 2. The van der Waals surface area contributed by atoms with Gasteiger partial charge in [0.05, 0.1) is 0 Å². The van der Waals surface area contributed by atoms with Gasteiger partial charge in [-0.05, 0) is 32.9 Å². The second kappa shape index (κ2) is 8.10. The van der Waals surface area contributed by atoms with Crippen molar-refractivity contribution in [2.24, 2.45) is 16.0 Å². The number of aryl methyl sites for hydroxylation is 1. The fraction of sp³-hybridized carbons (Fsp3) is 0.278. The average molecular weight is 324 g/mol. The molecule has 0 amide bonds. The van der Waals surface area contributed by atoms with Gasteiger partial charge in [0.25, 0.3) is 0 Å². The van der Waals surface area contributed by atoms with Gasteiger partial charge in [-0.3, -0.25) is 0 Å². The fourth-order valence-electron chi connectivity index (χ4n) is 2.56. The van der Waals surface area contributed by atoms with Gasteiger partial charge in [0.1, 0.15) is 17.4 Å². The van der Waals surface area contributed by atoms with E-state index in [4.69, 9.17) is 5.84 Å². The molecule has 2 aromatic rings. The highest BCUT2D eigenvalue weighted by molar-refractivity contribution is 6.16. The summed E-state index contributed by atoms with van der Waals surface area (Å²) in [5.41, 5.74) is 6.53. The molecule has 0 saturated heterocycles. The summed E-state index contributed by atoms with van der Waals surface area (Å²) in [5.74, 6) is 7.32. The second-order valence-corrected chi connectivity index (χ2v) is 5.35. The molecule has 0 aliphatic rings. The Balaban J connectivity index is 2.54. The van der Waals surface area contributed by atoms with Crippen LogP contribution in [0.5, 0.6) is 0 Å². The van der Waals surface area contributed by atoms with E-state index in [9.17, 15) is 0 Å². The molecule has 6 heteroatoms. The van der Waals surface area contributed by atoms with Crippen LogP contribution in [0.1, 0.15) is 30.5 Å². The van der Waals surface area contributed by atoms with Gasteiger partial charge < -0.3 is 16.2 Å². The van der Waals surface area contributed by atoms with Crippen LogP contribution in [0, 0.1) is 6.92 Å². The lowest BCUT2D eigenvalue weighted by molar-refractivity contribution is 0.877. The van der Waals surface area contributed by atoms with Crippen molar-refractivity contribution in [2.45, 2.75) is 20.8 Å². The molecule has 1 aromatic carbocycles. The minimum atomic E-state index is 0.703. The van der Waals surface area contributed by atoms with Gasteiger partial charge in [0.2, 0.25) is 0 Å². The number of amidine groups is 1. The molecule has 1 heterocycles. The molecular weight excluding hydrogens is 300 g/mol. The molecule has 126 valence electrons. The van der Waals surface area contributed by atoms with E-state index < -0.39 is 0 Å².